The van der Waals surface area contributed by atoms with Gasteiger partial charge in [0.15, 0.2) is 6.61 Å². The third kappa shape index (κ3) is 5.07. The van der Waals surface area contributed by atoms with Crippen LogP contribution in [0.4, 0.5) is 11.4 Å². The van der Waals surface area contributed by atoms with Gasteiger partial charge in [0, 0.05) is 16.5 Å². The minimum Gasteiger partial charge on any atom is -0.508 e. The van der Waals surface area contributed by atoms with Crippen LogP contribution in [-0.2, 0) is 14.4 Å². The van der Waals surface area contributed by atoms with Gasteiger partial charge in [-0.05, 0) is 66.2 Å². The Morgan fingerprint density at radius 1 is 0.951 bits per heavy atom. The van der Waals surface area contributed by atoms with Crippen molar-refractivity contribution in [2.24, 2.45) is 5.92 Å². The molecule has 41 heavy (non-hydrogen) atoms. The lowest BCUT2D eigenvalue weighted by atomic mass is 9.83. The van der Waals surface area contributed by atoms with Gasteiger partial charge in [0.2, 0.25) is 11.8 Å². The lowest BCUT2D eigenvalue weighted by Crippen LogP contribution is -2.32. The van der Waals surface area contributed by atoms with Gasteiger partial charge in [-0.15, -0.1) is 0 Å². The topological polar surface area (TPSA) is 138 Å². The number of thioether (sulfide) groups is 1. The Bertz CT molecular complexity index is 1680. The first-order valence-corrected chi connectivity index (χ1v) is 14.2. The van der Waals surface area contributed by atoms with Crippen LogP contribution in [0.15, 0.2) is 82.6 Å². The zero-order valence-corrected chi connectivity index (χ0v) is 23.2. The minimum absolute atomic E-state index is 0.0957. The van der Waals surface area contributed by atoms with Gasteiger partial charge >= 0.3 is 4.87 Å². The Labute approximate surface area is 241 Å². The molecule has 1 aromatic heterocycles. The molecule has 208 valence electrons. The summed E-state index contributed by atoms with van der Waals surface area (Å²) in [6.45, 7) is -0.238. The van der Waals surface area contributed by atoms with Crippen molar-refractivity contribution in [3.63, 3.8) is 0 Å². The van der Waals surface area contributed by atoms with E-state index < -0.39 is 17.1 Å². The zero-order chi connectivity index (χ0) is 28.7. The molecule has 0 aliphatic carbocycles. The van der Waals surface area contributed by atoms with Gasteiger partial charge in [-0.25, -0.2) is 4.90 Å². The van der Waals surface area contributed by atoms with Crippen molar-refractivity contribution in [2.45, 2.75) is 16.2 Å². The van der Waals surface area contributed by atoms with E-state index in [-0.39, 0.29) is 35.0 Å². The van der Waals surface area contributed by atoms with E-state index in [9.17, 15) is 24.3 Å². The largest absolute Gasteiger partial charge is 0.508 e. The van der Waals surface area contributed by atoms with Crippen molar-refractivity contribution in [3.05, 3.63) is 92.9 Å². The molecule has 6 rings (SSSR count). The fraction of sp³-hybridized carbons (Fsp3) is 0.172. The molecule has 1 fully saturated rings. The summed E-state index contributed by atoms with van der Waals surface area (Å²) in [4.78, 5) is 56.4. The molecule has 10 nitrogen and oxygen atoms in total. The van der Waals surface area contributed by atoms with E-state index in [4.69, 9.17) is 9.47 Å². The third-order valence-electron chi connectivity index (χ3n) is 6.91. The summed E-state index contributed by atoms with van der Waals surface area (Å²) in [6.07, 6.45) is 0. The predicted octanol–water partition coefficient (Wildman–Crippen LogP) is 3.96. The summed E-state index contributed by atoms with van der Waals surface area (Å²) in [5, 5.41) is 12.0. The highest BCUT2D eigenvalue weighted by molar-refractivity contribution is 8.00. The van der Waals surface area contributed by atoms with E-state index in [2.05, 4.69) is 10.3 Å². The predicted molar refractivity (Wildman–Crippen MR) is 154 cm³/mol. The van der Waals surface area contributed by atoms with E-state index in [0.717, 1.165) is 16.9 Å². The molecule has 3 heterocycles. The van der Waals surface area contributed by atoms with Gasteiger partial charge in [0.25, 0.3) is 5.91 Å². The summed E-state index contributed by atoms with van der Waals surface area (Å²) in [5.41, 5.74) is 1.73. The number of rotatable bonds is 7. The first kappa shape index (κ1) is 26.7. The number of imide groups is 1. The second kappa shape index (κ2) is 10.8. The SMILES string of the molecule is COc1ccc(N2C(=O)[C@H]3[C@H](c4ccc(OCC(=O)Nc5ccc(O)cc5)cc4)c4sc(=O)[nH]c4S[C@H]3C2=O)cc1. The minimum atomic E-state index is -0.712. The van der Waals surface area contributed by atoms with Crippen LogP contribution in [0, 0.1) is 5.92 Å². The molecule has 3 aromatic carbocycles. The van der Waals surface area contributed by atoms with E-state index in [0.29, 0.717) is 32.8 Å². The average molecular weight is 590 g/mol. The maximum atomic E-state index is 13.8. The summed E-state index contributed by atoms with van der Waals surface area (Å²) in [7, 11) is 1.54. The van der Waals surface area contributed by atoms with Crippen LogP contribution in [0.25, 0.3) is 0 Å². The summed E-state index contributed by atoms with van der Waals surface area (Å²) >= 11 is 2.25. The molecule has 0 unspecified atom stereocenters. The molecule has 1 saturated heterocycles. The molecule has 2 aliphatic rings. The molecule has 12 heteroatoms. The number of methoxy groups -OCH3 is 1. The van der Waals surface area contributed by atoms with Crippen LogP contribution in [-0.4, -0.2) is 46.8 Å². The normalized spacial score (nSPS) is 19.4. The number of hydrogen-bond acceptors (Lipinski definition) is 9. The lowest BCUT2D eigenvalue weighted by molar-refractivity contribution is -0.122. The number of anilines is 2. The molecule has 0 bridgehead atoms. The van der Waals surface area contributed by atoms with Crippen molar-refractivity contribution >= 4 is 52.2 Å². The number of thiazole rings is 1. The van der Waals surface area contributed by atoms with Gasteiger partial charge in [0.05, 0.1) is 23.7 Å². The maximum absolute atomic E-state index is 13.8. The number of phenols is 1. The number of nitrogens with zero attached hydrogens (tertiary/aromatic N) is 1. The Morgan fingerprint density at radius 3 is 2.32 bits per heavy atom. The van der Waals surface area contributed by atoms with Crippen LogP contribution in [0.3, 0.4) is 0 Å². The van der Waals surface area contributed by atoms with Gasteiger partial charge in [-0.2, -0.15) is 0 Å². The molecule has 4 aromatic rings. The number of phenolic OH excluding ortho intramolecular Hbond substituents is 1. The van der Waals surface area contributed by atoms with E-state index in [1.165, 1.54) is 28.8 Å². The fourth-order valence-corrected chi connectivity index (χ4v) is 7.54. The zero-order valence-electron chi connectivity index (χ0n) is 21.5. The summed E-state index contributed by atoms with van der Waals surface area (Å²) < 4.78 is 10.8. The third-order valence-corrected chi connectivity index (χ3v) is 9.32. The van der Waals surface area contributed by atoms with Crippen LogP contribution in [0.1, 0.15) is 16.4 Å². The molecule has 0 saturated carbocycles. The molecule has 3 amide bonds. The van der Waals surface area contributed by atoms with Crippen molar-refractivity contribution in [3.8, 4) is 17.2 Å². The Balaban J connectivity index is 1.23. The van der Waals surface area contributed by atoms with Crippen molar-refractivity contribution < 1.29 is 29.0 Å². The number of aromatic nitrogens is 1. The number of nitrogens with one attached hydrogen (secondary N) is 2. The fourth-order valence-electron chi connectivity index (χ4n) is 5.02. The quantitative estimate of drug-likeness (QED) is 0.218. The summed E-state index contributed by atoms with van der Waals surface area (Å²) in [6, 6.07) is 19.8. The van der Waals surface area contributed by atoms with Crippen LogP contribution < -0.4 is 24.6 Å². The van der Waals surface area contributed by atoms with Gasteiger partial charge in [-0.3, -0.25) is 19.2 Å². The van der Waals surface area contributed by atoms with Gasteiger partial charge in [-0.1, -0.05) is 35.2 Å². The molecular formula is C29H23N3O7S2. The lowest BCUT2D eigenvalue weighted by Gasteiger charge is -2.29. The number of hydrogen-bond donors (Lipinski definition) is 3. The molecule has 0 radical (unpaired) electrons. The van der Waals surface area contributed by atoms with E-state index in [1.807, 2.05) is 0 Å². The molecule has 3 N–H and O–H groups in total. The Morgan fingerprint density at radius 2 is 1.63 bits per heavy atom. The number of carbonyl (C=O) groups is 3. The number of carbonyl (C=O) groups excluding carboxylic acids is 3. The number of aromatic amines is 1. The van der Waals surface area contributed by atoms with Crippen molar-refractivity contribution in [2.75, 3.05) is 23.9 Å². The van der Waals surface area contributed by atoms with Crippen molar-refractivity contribution in [1.82, 2.24) is 4.98 Å². The molecule has 3 atom stereocenters. The smallest absolute Gasteiger partial charge is 0.305 e. The highest BCUT2D eigenvalue weighted by Crippen LogP contribution is 2.53. The second-order valence-corrected chi connectivity index (χ2v) is 11.6. The van der Waals surface area contributed by atoms with Crippen molar-refractivity contribution in [1.29, 1.82) is 0 Å². The number of fused-ring (bicyclic) bond motifs is 2. The maximum Gasteiger partial charge on any atom is 0.305 e. The van der Waals surface area contributed by atoms with E-state index in [1.54, 1.807) is 67.8 Å². The van der Waals surface area contributed by atoms with Crippen LogP contribution in [0.2, 0.25) is 0 Å². The highest BCUT2D eigenvalue weighted by Gasteiger charge is 2.56. The monoisotopic (exact) mass is 589 g/mol. The second-order valence-electron chi connectivity index (χ2n) is 9.41. The van der Waals surface area contributed by atoms with Crippen LogP contribution in [0.5, 0.6) is 17.2 Å². The van der Waals surface area contributed by atoms with Crippen LogP contribution >= 0.6 is 23.1 Å². The Kier molecular flexibility index (Phi) is 7.01. The number of benzene rings is 3. The molecular weight excluding hydrogens is 566 g/mol. The van der Waals surface area contributed by atoms with E-state index >= 15 is 0 Å². The standard InChI is InChI=1S/C29H23N3O7S2/c1-38-19-12-6-17(7-13-19)32-27(35)23-22(24-26(31-29(37)41-24)40-25(23)28(32)36)15-2-10-20(11-3-15)39-14-21(34)30-16-4-8-18(33)9-5-16/h2-13,22-23,25,33H,14H2,1H3,(H,30,34)(H,31,37)/t22-,23-,25+/m0/s1. The number of ether oxygens (including phenoxy) is 2. The number of H-pyrrole nitrogens is 1. The number of aromatic hydroxyl groups is 1. The highest BCUT2D eigenvalue weighted by atomic mass is 32.2. The number of amides is 3. The average Bonchev–Trinajstić information content (AvgIpc) is 3.47. The van der Waals surface area contributed by atoms with Gasteiger partial charge in [0.1, 0.15) is 22.5 Å². The first-order chi connectivity index (χ1) is 19.8. The van der Waals surface area contributed by atoms with Gasteiger partial charge < -0.3 is 24.9 Å². The molecule has 2 aliphatic heterocycles. The Hall–Kier alpha value is -4.55. The first-order valence-electron chi connectivity index (χ1n) is 12.6. The molecule has 0 spiro atoms. The summed E-state index contributed by atoms with van der Waals surface area (Å²) in [5.74, 6) is -1.13.